The number of aliphatic carboxylic acids is 2. The number of aliphatic hydroxyl groups is 1. The molecular formula is C13H16O5. The van der Waals surface area contributed by atoms with Gasteiger partial charge in [-0.15, -0.1) is 0 Å². The van der Waals surface area contributed by atoms with Gasteiger partial charge >= 0.3 is 11.9 Å². The molecule has 1 aromatic carbocycles. The molecule has 0 spiro atoms. The summed E-state index contributed by atoms with van der Waals surface area (Å²) in [7, 11) is 0. The number of hydrogen-bond acceptors (Lipinski definition) is 3. The van der Waals surface area contributed by atoms with E-state index in [0.29, 0.717) is 5.56 Å². The second-order valence-electron chi connectivity index (χ2n) is 4.19. The van der Waals surface area contributed by atoms with Crippen molar-refractivity contribution in [3.05, 3.63) is 35.9 Å². The summed E-state index contributed by atoms with van der Waals surface area (Å²) in [5, 5.41) is 28.3. The second kappa shape index (κ2) is 5.64. The van der Waals surface area contributed by atoms with Crippen molar-refractivity contribution in [2.45, 2.75) is 25.4 Å². The second-order valence-corrected chi connectivity index (χ2v) is 4.19. The minimum atomic E-state index is -2.29. The molecular weight excluding hydrogens is 236 g/mol. The minimum absolute atomic E-state index is 0.0466. The SMILES string of the molecule is CCC(C(=O)O)C(O)(Cc1ccccc1)C(=O)O. The van der Waals surface area contributed by atoms with Crippen molar-refractivity contribution >= 4 is 11.9 Å². The van der Waals surface area contributed by atoms with Crippen molar-refractivity contribution in [3.8, 4) is 0 Å². The van der Waals surface area contributed by atoms with Gasteiger partial charge in [0.05, 0.1) is 5.92 Å². The van der Waals surface area contributed by atoms with E-state index in [4.69, 9.17) is 10.2 Å². The molecule has 2 atom stereocenters. The van der Waals surface area contributed by atoms with Crippen LogP contribution in [0.1, 0.15) is 18.9 Å². The molecule has 18 heavy (non-hydrogen) atoms. The first kappa shape index (κ1) is 14.2. The minimum Gasteiger partial charge on any atom is -0.481 e. The van der Waals surface area contributed by atoms with Gasteiger partial charge in [-0.1, -0.05) is 37.3 Å². The van der Waals surface area contributed by atoms with Crippen LogP contribution < -0.4 is 0 Å². The van der Waals surface area contributed by atoms with Crippen LogP contribution in [0, 0.1) is 5.92 Å². The van der Waals surface area contributed by atoms with Gasteiger partial charge in [0.15, 0.2) is 5.60 Å². The Hall–Kier alpha value is -1.88. The van der Waals surface area contributed by atoms with Crippen LogP contribution in [-0.4, -0.2) is 32.9 Å². The van der Waals surface area contributed by atoms with Crippen molar-refractivity contribution in [2.24, 2.45) is 5.92 Å². The molecule has 1 rings (SSSR count). The first-order valence-corrected chi connectivity index (χ1v) is 5.64. The Morgan fingerprint density at radius 1 is 1.22 bits per heavy atom. The first-order valence-electron chi connectivity index (χ1n) is 5.64. The summed E-state index contributed by atoms with van der Waals surface area (Å²) in [6.45, 7) is 1.54. The molecule has 0 radical (unpaired) electrons. The fraction of sp³-hybridized carbons (Fsp3) is 0.385. The number of hydrogen-bond donors (Lipinski definition) is 3. The lowest BCUT2D eigenvalue weighted by Crippen LogP contribution is -2.50. The quantitative estimate of drug-likeness (QED) is 0.706. The van der Waals surface area contributed by atoms with Gasteiger partial charge in [-0.2, -0.15) is 0 Å². The molecule has 5 heteroatoms. The Labute approximate surface area is 105 Å². The molecule has 3 N–H and O–H groups in total. The van der Waals surface area contributed by atoms with Gasteiger partial charge in [-0.05, 0) is 12.0 Å². The van der Waals surface area contributed by atoms with Crippen molar-refractivity contribution in [3.63, 3.8) is 0 Å². The van der Waals surface area contributed by atoms with E-state index in [1.165, 1.54) is 6.92 Å². The van der Waals surface area contributed by atoms with Crippen LogP contribution in [0.15, 0.2) is 30.3 Å². The van der Waals surface area contributed by atoms with E-state index in [2.05, 4.69) is 0 Å². The lowest BCUT2D eigenvalue weighted by atomic mass is 9.80. The van der Waals surface area contributed by atoms with Crippen molar-refractivity contribution in [1.82, 2.24) is 0 Å². The molecule has 1 aromatic rings. The summed E-state index contributed by atoms with van der Waals surface area (Å²) in [6.07, 6.45) is -0.182. The zero-order valence-electron chi connectivity index (χ0n) is 10.0. The number of carboxylic acid groups (broad SMARTS) is 2. The Bertz CT molecular complexity index is 428. The van der Waals surface area contributed by atoms with Crippen LogP contribution in [0.5, 0.6) is 0 Å². The van der Waals surface area contributed by atoms with Gasteiger partial charge in [-0.3, -0.25) is 4.79 Å². The maximum Gasteiger partial charge on any atom is 0.336 e. The maximum atomic E-state index is 11.2. The van der Waals surface area contributed by atoms with Gasteiger partial charge in [-0.25, -0.2) is 4.79 Å². The highest BCUT2D eigenvalue weighted by atomic mass is 16.4. The average molecular weight is 252 g/mol. The normalized spacial score (nSPS) is 15.7. The molecule has 98 valence electrons. The lowest BCUT2D eigenvalue weighted by Gasteiger charge is -2.29. The zero-order valence-corrected chi connectivity index (χ0v) is 10.0. The van der Waals surface area contributed by atoms with E-state index in [1.54, 1.807) is 30.3 Å². The maximum absolute atomic E-state index is 11.2. The predicted octanol–water partition coefficient (Wildman–Crippen LogP) is 1.16. The standard InChI is InChI=1S/C13H16O5/c1-2-10(11(14)15)13(18,12(16)17)8-9-6-4-3-5-7-9/h3-7,10,18H,2,8H2,1H3,(H,14,15)(H,16,17). The summed E-state index contributed by atoms with van der Waals surface area (Å²) in [5.74, 6) is -4.16. The van der Waals surface area contributed by atoms with Crippen molar-refractivity contribution in [1.29, 1.82) is 0 Å². The van der Waals surface area contributed by atoms with Gasteiger partial charge < -0.3 is 15.3 Å². The lowest BCUT2D eigenvalue weighted by molar-refractivity contribution is -0.174. The van der Waals surface area contributed by atoms with Crippen LogP contribution in [-0.2, 0) is 16.0 Å². The number of carboxylic acids is 2. The van der Waals surface area contributed by atoms with Crippen LogP contribution in [0.3, 0.4) is 0 Å². The molecule has 2 unspecified atom stereocenters. The summed E-state index contributed by atoms with van der Waals surface area (Å²) in [4.78, 5) is 22.3. The molecule has 0 aliphatic rings. The Balaban J connectivity index is 3.08. The Morgan fingerprint density at radius 2 is 1.78 bits per heavy atom. The van der Waals surface area contributed by atoms with Crippen LogP contribution >= 0.6 is 0 Å². The monoisotopic (exact) mass is 252 g/mol. The number of benzene rings is 1. The predicted molar refractivity (Wildman–Crippen MR) is 64.1 cm³/mol. The fourth-order valence-corrected chi connectivity index (χ4v) is 1.97. The molecule has 0 fully saturated rings. The van der Waals surface area contributed by atoms with E-state index in [0.717, 1.165) is 0 Å². The molecule has 0 saturated heterocycles. The molecule has 0 bridgehead atoms. The van der Waals surface area contributed by atoms with E-state index in [-0.39, 0.29) is 12.8 Å². The third kappa shape index (κ3) is 2.87. The highest BCUT2D eigenvalue weighted by Gasteiger charge is 2.47. The fourth-order valence-electron chi connectivity index (χ4n) is 1.97. The number of carbonyl (C=O) groups is 2. The highest BCUT2D eigenvalue weighted by Crippen LogP contribution is 2.26. The van der Waals surface area contributed by atoms with E-state index in [1.807, 2.05) is 0 Å². The average Bonchev–Trinajstić information content (AvgIpc) is 2.30. The Kier molecular flexibility index (Phi) is 4.44. The zero-order chi connectivity index (χ0) is 13.8. The highest BCUT2D eigenvalue weighted by molar-refractivity contribution is 5.85. The Morgan fingerprint density at radius 3 is 2.17 bits per heavy atom. The van der Waals surface area contributed by atoms with Gasteiger partial charge in [0.2, 0.25) is 0 Å². The van der Waals surface area contributed by atoms with Crippen LogP contribution in [0.2, 0.25) is 0 Å². The third-order valence-corrected chi connectivity index (χ3v) is 2.97. The van der Waals surface area contributed by atoms with Gasteiger partial charge in [0.1, 0.15) is 0 Å². The van der Waals surface area contributed by atoms with Crippen molar-refractivity contribution < 1.29 is 24.9 Å². The molecule has 0 aliphatic heterocycles. The first-order chi connectivity index (χ1) is 8.41. The van der Waals surface area contributed by atoms with Crippen LogP contribution in [0.25, 0.3) is 0 Å². The van der Waals surface area contributed by atoms with E-state index < -0.39 is 23.5 Å². The summed E-state index contributed by atoms with van der Waals surface area (Å²) in [6, 6.07) is 8.49. The van der Waals surface area contributed by atoms with Crippen molar-refractivity contribution in [2.75, 3.05) is 0 Å². The van der Waals surface area contributed by atoms with Crippen LogP contribution in [0.4, 0.5) is 0 Å². The molecule has 5 nitrogen and oxygen atoms in total. The smallest absolute Gasteiger partial charge is 0.336 e. The summed E-state index contributed by atoms with van der Waals surface area (Å²) in [5.41, 5.74) is -1.70. The molecule has 0 aromatic heterocycles. The van der Waals surface area contributed by atoms with E-state index >= 15 is 0 Å². The number of rotatable bonds is 6. The van der Waals surface area contributed by atoms with Gasteiger partial charge in [0.25, 0.3) is 0 Å². The topological polar surface area (TPSA) is 94.8 Å². The summed E-state index contributed by atoms with van der Waals surface area (Å²) >= 11 is 0. The van der Waals surface area contributed by atoms with E-state index in [9.17, 15) is 14.7 Å². The van der Waals surface area contributed by atoms with Gasteiger partial charge in [0, 0.05) is 6.42 Å². The molecule has 0 amide bonds. The molecule has 0 heterocycles. The largest absolute Gasteiger partial charge is 0.481 e. The third-order valence-electron chi connectivity index (χ3n) is 2.97. The molecule has 0 aliphatic carbocycles. The molecule has 0 saturated carbocycles. The summed E-state index contributed by atoms with van der Waals surface area (Å²) < 4.78 is 0.